The molecule has 2 aromatic heterocycles. The van der Waals surface area contributed by atoms with Crippen molar-refractivity contribution in [1.82, 2.24) is 14.3 Å². The van der Waals surface area contributed by atoms with Crippen molar-refractivity contribution in [3.05, 3.63) is 34.7 Å². The van der Waals surface area contributed by atoms with Gasteiger partial charge in [-0.25, -0.2) is 4.98 Å². The lowest BCUT2D eigenvalue weighted by Crippen LogP contribution is -2.24. The Bertz CT molecular complexity index is 558. The van der Waals surface area contributed by atoms with Crippen molar-refractivity contribution >= 4 is 21.6 Å². The summed E-state index contributed by atoms with van der Waals surface area (Å²) in [5, 5.41) is 0. The van der Waals surface area contributed by atoms with Gasteiger partial charge in [-0.2, -0.15) is 0 Å². The fourth-order valence-corrected chi connectivity index (χ4v) is 3.42. The highest BCUT2D eigenvalue weighted by atomic mass is 79.9. The molecule has 3 rings (SSSR count). The summed E-state index contributed by atoms with van der Waals surface area (Å²) in [6, 6.07) is 4.08. The van der Waals surface area contributed by atoms with E-state index in [4.69, 9.17) is 0 Å². The van der Waals surface area contributed by atoms with Gasteiger partial charge >= 0.3 is 0 Å². The number of rotatable bonds is 4. The van der Waals surface area contributed by atoms with Crippen molar-refractivity contribution in [2.24, 2.45) is 5.92 Å². The highest BCUT2D eigenvalue weighted by Gasteiger charge is 2.17. The van der Waals surface area contributed by atoms with Crippen molar-refractivity contribution in [2.75, 3.05) is 13.6 Å². The van der Waals surface area contributed by atoms with Gasteiger partial charge in [0.15, 0.2) is 0 Å². The maximum Gasteiger partial charge on any atom is 0.137 e. The molecule has 3 nitrogen and oxygen atoms in total. The molecule has 0 aromatic carbocycles. The van der Waals surface area contributed by atoms with Gasteiger partial charge in [-0.15, -0.1) is 0 Å². The van der Waals surface area contributed by atoms with Crippen LogP contribution in [0.4, 0.5) is 0 Å². The van der Waals surface area contributed by atoms with Gasteiger partial charge in [0.1, 0.15) is 5.65 Å². The van der Waals surface area contributed by atoms with Crippen LogP contribution >= 0.6 is 15.9 Å². The van der Waals surface area contributed by atoms with Crippen LogP contribution in [0.2, 0.25) is 0 Å². The Hall–Kier alpha value is -0.870. The first-order valence-electron chi connectivity index (χ1n) is 7.02. The molecule has 1 aliphatic rings. The van der Waals surface area contributed by atoms with Crippen LogP contribution in [0.15, 0.2) is 29.0 Å². The van der Waals surface area contributed by atoms with Gasteiger partial charge in [0, 0.05) is 30.0 Å². The highest BCUT2D eigenvalue weighted by molar-refractivity contribution is 9.10. The van der Waals surface area contributed by atoms with Crippen LogP contribution in [0.5, 0.6) is 0 Å². The molecule has 0 radical (unpaired) electrons. The van der Waals surface area contributed by atoms with Crippen LogP contribution in [0, 0.1) is 5.92 Å². The van der Waals surface area contributed by atoms with E-state index in [0.29, 0.717) is 0 Å². The second kappa shape index (κ2) is 5.63. The molecule has 0 aliphatic heterocycles. The lowest BCUT2D eigenvalue weighted by atomic mass is 10.1. The highest BCUT2D eigenvalue weighted by Crippen LogP contribution is 2.25. The standard InChI is InChI=1S/C15H20BrN3/c1-18(8-12-4-2-3-5-12)10-14-11-19-9-13(16)6-7-15(19)17-14/h6-7,9,11-12H,2-5,8,10H2,1H3. The topological polar surface area (TPSA) is 20.5 Å². The molecule has 102 valence electrons. The molecular weight excluding hydrogens is 302 g/mol. The lowest BCUT2D eigenvalue weighted by Gasteiger charge is -2.19. The van der Waals surface area contributed by atoms with Crippen molar-refractivity contribution in [2.45, 2.75) is 32.2 Å². The molecule has 0 amide bonds. The molecule has 0 bridgehead atoms. The molecule has 2 heterocycles. The van der Waals surface area contributed by atoms with Crippen LogP contribution in [0.1, 0.15) is 31.4 Å². The van der Waals surface area contributed by atoms with E-state index in [0.717, 1.165) is 28.3 Å². The third kappa shape index (κ3) is 3.18. The molecule has 0 unspecified atom stereocenters. The number of imidazole rings is 1. The molecule has 0 spiro atoms. The average Bonchev–Trinajstić information content (AvgIpc) is 2.97. The molecule has 1 aliphatic carbocycles. The Kier molecular flexibility index (Phi) is 3.89. The number of aromatic nitrogens is 2. The maximum absolute atomic E-state index is 4.67. The normalized spacial score (nSPS) is 16.8. The van der Waals surface area contributed by atoms with E-state index in [-0.39, 0.29) is 0 Å². The van der Waals surface area contributed by atoms with Gasteiger partial charge in [-0.1, -0.05) is 12.8 Å². The second-order valence-corrected chi connectivity index (χ2v) is 6.61. The largest absolute Gasteiger partial charge is 0.306 e. The molecule has 0 saturated heterocycles. The van der Waals surface area contributed by atoms with Crippen LogP contribution in [-0.4, -0.2) is 27.9 Å². The van der Waals surface area contributed by atoms with Gasteiger partial charge in [0.2, 0.25) is 0 Å². The number of hydrogen-bond donors (Lipinski definition) is 0. The third-order valence-electron chi connectivity index (χ3n) is 3.94. The Labute approximate surface area is 122 Å². The van der Waals surface area contributed by atoms with E-state index in [9.17, 15) is 0 Å². The van der Waals surface area contributed by atoms with Crippen molar-refractivity contribution < 1.29 is 0 Å². The fourth-order valence-electron chi connectivity index (χ4n) is 3.07. The van der Waals surface area contributed by atoms with Crippen LogP contribution in [-0.2, 0) is 6.54 Å². The Morgan fingerprint density at radius 3 is 2.89 bits per heavy atom. The van der Waals surface area contributed by atoms with Gasteiger partial charge < -0.3 is 9.30 Å². The minimum absolute atomic E-state index is 0.899. The van der Waals surface area contributed by atoms with Gasteiger partial charge in [-0.3, -0.25) is 0 Å². The Morgan fingerprint density at radius 2 is 2.11 bits per heavy atom. The summed E-state index contributed by atoms with van der Waals surface area (Å²) in [6.45, 7) is 2.15. The summed E-state index contributed by atoms with van der Waals surface area (Å²) in [4.78, 5) is 7.08. The van der Waals surface area contributed by atoms with Crippen molar-refractivity contribution in [3.8, 4) is 0 Å². The molecule has 2 aromatic rings. The summed E-state index contributed by atoms with van der Waals surface area (Å²) >= 11 is 3.49. The van der Waals surface area contributed by atoms with Crippen LogP contribution in [0.25, 0.3) is 5.65 Å². The van der Waals surface area contributed by atoms with E-state index in [2.05, 4.69) is 49.7 Å². The quantitative estimate of drug-likeness (QED) is 0.855. The number of hydrogen-bond acceptors (Lipinski definition) is 2. The summed E-state index contributed by atoms with van der Waals surface area (Å²) in [6.07, 6.45) is 9.83. The van der Waals surface area contributed by atoms with E-state index < -0.39 is 0 Å². The molecule has 0 N–H and O–H groups in total. The first-order chi connectivity index (χ1) is 9.20. The monoisotopic (exact) mass is 321 g/mol. The zero-order valence-electron chi connectivity index (χ0n) is 11.3. The Morgan fingerprint density at radius 1 is 1.32 bits per heavy atom. The average molecular weight is 322 g/mol. The number of halogens is 1. The van der Waals surface area contributed by atoms with E-state index in [1.165, 1.54) is 32.2 Å². The first-order valence-corrected chi connectivity index (χ1v) is 7.82. The maximum atomic E-state index is 4.67. The minimum atomic E-state index is 0.899. The van der Waals surface area contributed by atoms with Gasteiger partial charge in [-0.05, 0) is 53.9 Å². The summed E-state index contributed by atoms with van der Waals surface area (Å²) < 4.78 is 3.17. The van der Waals surface area contributed by atoms with Crippen molar-refractivity contribution in [1.29, 1.82) is 0 Å². The number of nitrogens with zero attached hydrogens (tertiary/aromatic N) is 3. The number of pyridine rings is 1. The molecular formula is C15H20BrN3. The Balaban J connectivity index is 1.66. The van der Waals surface area contributed by atoms with Crippen molar-refractivity contribution in [3.63, 3.8) is 0 Å². The van der Waals surface area contributed by atoms with E-state index in [1.54, 1.807) is 0 Å². The fraction of sp³-hybridized carbons (Fsp3) is 0.533. The zero-order chi connectivity index (χ0) is 13.2. The summed E-state index contributed by atoms with van der Waals surface area (Å²) in [5.74, 6) is 0.899. The molecule has 1 saturated carbocycles. The minimum Gasteiger partial charge on any atom is -0.306 e. The zero-order valence-corrected chi connectivity index (χ0v) is 12.9. The summed E-state index contributed by atoms with van der Waals surface area (Å²) in [7, 11) is 2.21. The van der Waals surface area contributed by atoms with Gasteiger partial charge in [0.05, 0.1) is 5.69 Å². The van der Waals surface area contributed by atoms with E-state index in [1.807, 2.05) is 12.1 Å². The molecule has 1 fully saturated rings. The number of fused-ring (bicyclic) bond motifs is 1. The van der Waals surface area contributed by atoms with Crippen LogP contribution < -0.4 is 0 Å². The van der Waals surface area contributed by atoms with E-state index >= 15 is 0 Å². The summed E-state index contributed by atoms with van der Waals surface area (Å²) in [5.41, 5.74) is 2.17. The lowest BCUT2D eigenvalue weighted by molar-refractivity contribution is 0.269. The smallest absolute Gasteiger partial charge is 0.137 e. The van der Waals surface area contributed by atoms with Gasteiger partial charge in [0.25, 0.3) is 0 Å². The van der Waals surface area contributed by atoms with Crippen LogP contribution in [0.3, 0.4) is 0 Å². The third-order valence-corrected chi connectivity index (χ3v) is 4.41. The predicted molar refractivity (Wildman–Crippen MR) is 81.2 cm³/mol. The predicted octanol–water partition coefficient (Wildman–Crippen LogP) is 3.72. The molecule has 19 heavy (non-hydrogen) atoms. The SMILES string of the molecule is CN(Cc1cn2cc(Br)ccc2n1)CC1CCCC1. The second-order valence-electron chi connectivity index (χ2n) is 5.69. The first kappa shape index (κ1) is 13.1. The molecule has 4 heteroatoms. The molecule has 0 atom stereocenters.